The molecule has 1 saturated heterocycles. The van der Waals surface area contributed by atoms with Gasteiger partial charge in [-0.05, 0) is 12.6 Å². The maximum absolute atomic E-state index is 13.7. The Bertz CT molecular complexity index is 538. The normalized spacial score (nSPS) is 22.0. The molecule has 1 heterocycles. The third kappa shape index (κ3) is 3.36. The first-order valence-electron chi connectivity index (χ1n) is 6.62. The summed E-state index contributed by atoms with van der Waals surface area (Å²) in [5.74, 6) is -4.91. The smallest absolute Gasteiger partial charge is 0.310 e. The molecule has 1 N–H and O–H groups in total. The maximum atomic E-state index is 13.7. The van der Waals surface area contributed by atoms with Crippen molar-refractivity contribution in [3.63, 3.8) is 0 Å². The van der Waals surface area contributed by atoms with Crippen molar-refractivity contribution in [1.29, 1.82) is 0 Å². The number of halogens is 3. The fourth-order valence-electron chi connectivity index (χ4n) is 2.51. The Morgan fingerprint density at radius 2 is 1.95 bits per heavy atom. The molecule has 2 atom stereocenters. The number of aliphatic carboxylic acids is 1. The molecule has 4 nitrogen and oxygen atoms in total. The Hall–Kier alpha value is -1.60. The summed E-state index contributed by atoms with van der Waals surface area (Å²) in [6.45, 7) is 2.54. The second kappa shape index (κ2) is 6.44. The summed E-state index contributed by atoms with van der Waals surface area (Å²) in [5.41, 5.74) is -0.00760. The van der Waals surface area contributed by atoms with E-state index in [0.717, 1.165) is 6.07 Å². The van der Waals surface area contributed by atoms with Gasteiger partial charge in [0.25, 0.3) is 0 Å². The van der Waals surface area contributed by atoms with Crippen LogP contribution < -0.4 is 0 Å². The van der Waals surface area contributed by atoms with Gasteiger partial charge in [0.15, 0.2) is 11.6 Å². The van der Waals surface area contributed by atoms with Crippen LogP contribution in [0.15, 0.2) is 12.1 Å². The van der Waals surface area contributed by atoms with Crippen molar-refractivity contribution < 1.29 is 27.8 Å². The quantitative estimate of drug-likeness (QED) is 0.846. The molecule has 0 aromatic heterocycles. The zero-order valence-corrected chi connectivity index (χ0v) is 11.5. The van der Waals surface area contributed by atoms with Crippen molar-refractivity contribution >= 4 is 5.97 Å². The van der Waals surface area contributed by atoms with Gasteiger partial charge in [-0.2, -0.15) is 0 Å². The lowest BCUT2D eigenvalue weighted by Crippen LogP contribution is -2.42. The number of hydrogen-bond acceptors (Lipinski definition) is 3. The number of carbonyl (C=O) groups is 1. The number of nitrogens with zero attached hydrogens (tertiary/aromatic N) is 1. The fourth-order valence-corrected chi connectivity index (χ4v) is 2.51. The molecule has 0 aliphatic carbocycles. The topological polar surface area (TPSA) is 49.8 Å². The van der Waals surface area contributed by atoms with Crippen LogP contribution in [-0.4, -0.2) is 41.8 Å². The number of carboxylic acid groups (broad SMARTS) is 1. The van der Waals surface area contributed by atoms with E-state index in [2.05, 4.69) is 0 Å². The highest BCUT2D eigenvalue weighted by Crippen LogP contribution is 2.23. The van der Waals surface area contributed by atoms with Gasteiger partial charge in [-0.15, -0.1) is 0 Å². The van der Waals surface area contributed by atoms with Crippen molar-refractivity contribution in [3.05, 3.63) is 35.1 Å². The SMILES string of the molecule is CCN(Cc1cc(F)c(F)cc1F)C1COCC1C(=O)O. The molecule has 2 rings (SSSR count). The molecule has 0 saturated carbocycles. The molecule has 21 heavy (non-hydrogen) atoms. The van der Waals surface area contributed by atoms with Gasteiger partial charge in [0, 0.05) is 24.2 Å². The average molecular weight is 303 g/mol. The highest BCUT2D eigenvalue weighted by molar-refractivity contribution is 5.71. The monoisotopic (exact) mass is 303 g/mol. The number of hydrogen-bond donors (Lipinski definition) is 1. The van der Waals surface area contributed by atoms with Gasteiger partial charge in [0.2, 0.25) is 0 Å². The van der Waals surface area contributed by atoms with Gasteiger partial charge in [0.05, 0.1) is 19.1 Å². The van der Waals surface area contributed by atoms with Crippen molar-refractivity contribution in [3.8, 4) is 0 Å². The highest BCUT2D eigenvalue weighted by atomic mass is 19.2. The second-order valence-electron chi connectivity index (χ2n) is 4.97. The number of carboxylic acids is 1. The lowest BCUT2D eigenvalue weighted by Gasteiger charge is -2.29. The molecule has 1 fully saturated rings. The van der Waals surface area contributed by atoms with E-state index in [1.807, 2.05) is 0 Å². The van der Waals surface area contributed by atoms with E-state index >= 15 is 0 Å². The minimum Gasteiger partial charge on any atom is -0.481 e. The van der Waals surface area contributed by atoms with E-state index in [9.17, 15) is 18.0 Å². The Morgan fingerprint density at radius 1 is 1.29 bits per heavy atom. The van der Waals surface area contributed by atoms with Crippen molar-refractivity contribution in [1.82, 2.24) is 4.90 Å². The molecule has 2 unspecified atom stereocenters. The molecule has 1 aliphatic rings. The van der Waals surface area contributed by atoms with Gasteiger partial charge in [-0.1, -0.05) is 6.92 Å². The number of ether oxygens (including phenoxy) is 1. The summed E-state index contributed by atoms with van der Waals surface area (Å²) >= 11 is 0. The van der Waals surface area contributed by atoms with Crippen molar-refractivity contribution in [2.24, 2.45) is 5.92 Å². The van der Waals surface area contributed by atoms with Crippen molar-refractivity contribution in [2.75, 3.05) is 19.8 Å². The first-order chi connectivity index (χ1) is 9.93. The number of benzene rings is 1. The lowest BCUT2D eigenvalue weighted by molar-refractivity contribution is -0.143. The van der Waals surface area contributed by atoms with Crippen LogP contribution in [0.5, 0.6) is 0 Å². The standard InChI is InChI=1S/C14H16F3NO3/c1-2-18(13-7-21-6-9(13)14(19)20)5-8-3-11(16)12(17)4-10(8)15/h3-4,9,13H,2,5-7H2,1H3,(H,19,20). The number of rotatable bonds is 5. The highest BCUT2D eigenvalue weighted by Gasteiger charge is 2.37. The Kier molecular flexibility index (Phi) is 4.84. The van der Waals surface area contributed by atoms with Crippen LogP contribution in [-0.2, 0) is 16.1 Å². The van der Waals surface area contributed by atoms with Gasteiger partial charge in [-0.25, -0.2) is 13.2 Å². The molecule has 1 aromatic carbocycles. The van der Waals surface area contributed by atoms with Crippen LogP contribution in [0.1, 0.15) is 12.5 Å². The van der Waals surface area contributed by atoms with E-state index < -0.39 is 35.4 Å². The van der Waals surface area contributed by atoms with E-state index in [4.69, 9.17) is 9.84 Å². The molecule has 1 aliphatic heterocycles. The molecule has 0 bridgehead atoms. The zero-order chi connectivity index (χ0) is 15.6. The molecule has 0 amide bonds. The second-order valence-corrected chi connectivity index (χ2v) is 4.97. The van der Waals surface area contributed by atoms with Gasteiger partial charge < -0.3 is 9.84 Å². The Balaban J connectivity index is 2.19. The molecule has 0 radical (unpaired) electrons. The summed E-state index contributed by atoms with van der Waals surface area (Å²) in [5, 5.41) is 9.14. The minimum atomic E-state index is -1.24. The summed E-state index contributed by atoms with van der Waals surface area (Å²) in [6.07, 6.45) is 0. The molecular formula is C14H16F3NO3. The molecular weight excluding hydrogens is 287 g/mol. The molecule has 116 valence electrons. The summed E-state index contributed by atoms with van der Waals surface area (Å²) in [7, 11) is 0. The van der Waals surface area contributed by atoms with E-state index in [-0.39, 0.29) is 25.3 Å². The molecule has 0 spiro atoms. The van der Waals surface area contributed by atoms with E-state index in [1.165, 1.54) is 0 Å². The van der Waals surface area contributed by atoms with E-state index in [0.29, 0.717) is 12.6 Å². The number of likely N-dealkylation sites (N-methyl/N-ethyl adjacent to an activating group) is 1. The average Bonchev–Trinajstić information content (AvgIpc) is 2.90. The first-order valence-corrected chi connectivity index (χ1v) is 6.62. The van der Waals surface area contributed by atoms with Crippen LogP contribution in [0, 0.1) is 23.4 Å². The zero-order valence-electron chi connectivity index (χ0n) is 11.5. The van der Waals surface area contributed by atoms with Crippen LogP contribution in [0.2, 0.25) is 0 Å². The fraction of sp³-hybridized carbons (Fsp3) is 0.500. The van der Waals surface area contributed by atoms with E-state index in [1.54, 1.807) is 11.8 Å². The first kappa shape index (κ1) is 15.8. The van der Waals surface area contributed by atoms with Crippen molar-refractivity contribution in [2.45, 2.75) is 19.5 Å². The summed E-state index contributed by atoms with van der Waals surface area (Å²) < 4.78 is 45.0. The summed E-state index contributed by atoms with van der Waals surface area (Å²) in [6, 6.07) is 0.886. The van der Waals surface area contributed by atoms with Crippen LogP contribution >= 0.6 is 0 Å². The minimum absolute atomic E-state index is 0.00264. The molecule has 7 heteroatoms. The largest absolute Gasteiger partial charge is 0.481 e. The van der Waals surface area contributed by atoms with Crippen LogP contribution in [0.25, 0.3) is 0 Å². The van der Waals surface area contributed by atoms with Gasteiger partial charge in [0.1, 0.15) is 5.82 Å². The van der Waals surface area contributed by atoms with Crippen LogP contribution in [0.3, 0.4) is 0 Å². The summed E-state index contributed by atoms with van der Waals surface area (Å²) in [4.78, 5) is 12.9. The predicted octanol–water partition coefficient (Wildman–Crippen LogP) is 2.03. The maximum Gasteiger partial charge on any atom is 0.310 e. The third-order valence-corrected chi connectivity index (χ3v) is 3.71. The van der Waals surface area contributed by atoms with Gasteiger partial charge in [-0.3, -0.25) is 9.69 Å². The van der Waals surface area contributed by atoms with Gasteiger partial charge >= 0.3 is 5.97 Å². The lowest BCUT2D eigenvalue weighted by atomic mass is 10.0. The Morgan fingerprint density at radius 3 is 2.57 bits per heavy atom. The third-order valence-electron chi connectivity index (χ3n) is 3.71. The predicted molar refractivity (Wildman–Crippen MR) is 68.1 cm³/mol. The van der Waals surface area contributed by atoms with Crippen LogP contribution in [0.4, 0.5) is 13.2 Å². The Labute approximate surface area is 120 Å². The molecule has 1 aromatic rings.